The van der Waals surface area contributed by atoms with Crippen LogP contribution in [0.15, 0.2) is 46.9 Å². The van der Waals surface area contributed by atoms with Gasteiger partial charge in [-0.25, -0.2) is 0 Å². The fourth-order valence-electron chi connectivity index (χ4n) is 1.78. The molecule has 2 aromatic rings. The van der Waals surface area contributed by atoms with Gasteiger partial charge in [-0.2, -0.15) is 0 Å². The number of rotatable bonds is 4. The number of carbonyl (C=O) groups excluding carboxylic acids is 2. The van der Waals surface area contributed by atoms with Crippen LogP contribution in [0, 0.1) is 0 Å². The second-order valence-electron chi connectivity index (χ2n) is 4.33. The van der Waals surface area contributed by atoms with E-state index in [2.05, 4.69) is 21.2 Å². The van der Waals surface area contributed by atoms with Gasteiger partial charge in [0.1, 0.15) is 0 Å². The van der Waals surface area contributed by atoms with Crippen molar-refractivity contribution in [3.8, 4) is 0 Å². The van der Waals surface area contributed by atoms with Crippen LogP contribution >= 0.6 is 27.5 Å². The van der Waals surface area contributed by atoms with Crippen molar-refractivity contribution in [1.82, 2.24) is 0 Å². The Morgan fingerprint density at radius 2 is 1.81 bits per heavy atom. The Bertz CT molecular complexity index is 686. The molecule has 21 heavy (non-hydrogen) atoms. The van der Waals surface area contributed by atoms with Crippen molar-refractivity contribution in [1.29, 1.82) is 0 Å². The lowest BCUT2D eigenvalue weighted by Gasteiger charge is -2.12. The largest absolute Gasteiger partial charge is 0.545 e. The van der Waals surface area contributed by atoms with E-state index in [0.717, 1.165) is 5.56 Å². The predicted molar refractivity (Wildman–Crippen MR) is 82.3 cm³/mol. The quantitative estimate of drug-likeness (QED) is 0.903. The van der Waals surface area contributed by atoms with E-state index in [4.69, 9.17) is 11.6 Å². The van der Waals surface area contributed by atoms with E-state index >= 15 is 0 Å². The fourth-order valence-corrected chi connectivity index (χ4v) is 2.26. The summed E-state index contributed by atoms with van der Waals surface area (Å²) in [5.41, 5.74) is 0.912. The second-order valence-corrected chi connectivity index (χ2v) is 5.68. The average molecular weight is 368 g/mol. The van der Waals surface area contributed by atoms with Crippen LogP contribution < -0.4 is 10.4 Å². The van der Waals surface area contributed by atoms with Crippen molar-refractivity contribution >= 4 is 45.1 Å². The summed E-state index contributed by atoms with van der Waals surface area (Å²) in [7, 11) is 0. The molecule has 0 heterocycles. The van der Waals surface area contributed by atoms with Crippen LogP contribution in [0.1, 0.15) is 15.9 Å². The Morgan fingerprint density at radius 3 is 2.43 bits per heavy atom. The van der Waals surface area contributed by atoms with E-state index in [-0.39, 0.29) is 23.6 Å². The molecule has 0 saturated heterocycles. The van der Waals surface area contributed by atoms with Crippen LogP contribution in [0.3, 0.4) is 0 Å². The summed E-state index contributed by atoms with van der Waals surface area (Å²) in [6.07, 6.45) is 0.125. The molecule has 1 N–H and O–H groups in total. The zero-order valence-corrected chi connectivity index (χ0v) is 13.1. The SMILES string of the molecule is O=C(Cc1ccc(Cl)cc1)Nc1ccc(Br)cc1C(=O)[O-]. The normalized spacial score (nSPS) is 10.2. The van der Waals surface area contributed by atoms with E-state index in [1.165, 1.54) is 12.1 Å². The highest BCUT2D eigenvalue weighted by Crippen LogP contribution is 2.21. The Morgan fingerprint density at radius 1 is 1.14 bits per heavy atom. The first-order valence-electron chi connectivity index (χ1n) is 6.01. The smallest absolute Gasteiger partial charge is 0.228 e. The van der Waals surface area contributed by atoms with Crippen molar-refractivity contribution < 1.29 is 14.7 Å². The van der Waals surface area contributed by atoms with Crippen LogP contribution in [0.2, 0.25) is 5.02 Å². The van der Waals surface area contributed by atoms with Gasteiger partial charge in [0.15, 0.2) is 0 Å². The predicted octanol–water partition coefficient (Wildman–Crippen LogP) is 2.65. The topological polar surface area (TPSA) is 69.2 Å². The molecule has 0 spiro atoms. The number of amides is 1. The van der Waals surface area contributed by atoms with Crippen LogP contribution in [0.4, 0.5) is 5.69 Å². The first-order chi connectivity index (χ1) is 9.95. The first-order valence-corrected chi connectivity index (χ1v) is 7.18. The summed E-state index contributed by atoms with van der Waals surface area (Å²) < 4.78 is 0.595. The van der Waals surface area contributed by atoms with E-state index in [9.17, 15) is 14.7 Å². The highest BCUT2D eigenvalue weighted by molar-refractivity contribution is 9.10. The molecule has 2 rings (SSSR count). The van der Waals surface area contributed by atoms with Gasteiger partial charge in [-0.1, -0.05) is 39.7 Å². The van der Waals surface area contributed by atoms with E-state index in [1.54, 1.807) is 30.3 Å². The van der Waals surface area contributed by atoms with Gasteiger partial charge in [-0.05, 0) is 35.9 Å². The van der Waals surface area contributed by atoms with Crippen LogP contribution in [0.25, 0.3) is 0 Å². The molecule has 2 aromatic carbocycles. The molecule has 0 fully saturated rings. The molecular formula is C15H10BrClNO3-. The number of anilines is 1. The third kappa shape index (κ3) is 4.31. The zero-order chi connectivity index (χ0) is 15.4. The van der Waals surface area contributed by atoms with Gasteiger partial charge >= 0.3 is 0 Å². The number of carboxylic acid groups (broad SMARTS) is 1. The fraction of sp³-hybridized carbons (Fsp3) is 0.0667. The average Bonchev–Trinajstić information content (AvgIpc) is 2.43. The molecule has 0 aromatic heterocycles. The summed E-state index contributed by atoms with van der Waals surface area (Å²) in [6.45, 7) is 0. The second kappa shape index (κ2) is 6.74. The molecular weight excluding hydrogens is 358 g/mol. The Labute approximate surface area is 134 Å². The van der Waals surface area contributed by atoms with Crippen molar-refractivity contribution in [2.45, 2.75) is 6.42 Å². The van der Waals surface area contributed by atoms with Crippen LogP contribution in [-0.4, -0.2) is 11.9 Å². The number of carbonyl (C=O) groups is 2. The third-order valence-electron chi connectivity index (χ3n) is 2.75. The van der Waals surface area contributed by atoms with Crippen molar-refractivity contribution in [2.75, 3.05) is 5.32 Å². The Balaban J connectivity index is 2.12. The lowest BCUT2D eigenvalue weighted by molar-refractivity contribution is -0.254. The minimum absolute atomic E-state index is 0.0752. The van der Waals surface area contributed by atoms with Crippen LogP contribution in [0.5, 0.6) is 0 Å². The van der Waals surface area contributed by atoms with E-state index in [0.29, 0.717) is 9.50 Å². The van der Waals surface area contributed by atoms with Crippen molar-refractivity contribution in [3.63, 3.8) is 0 Å². The number of hydrogen-bond donors (Lipinski definition) is 1. The molecule has 0 aliphatic heterocycles. The molecule has 1 amide bonds. The lowest BCUT2D eigenvalue weighted by atomic mass is 10.1. The van der Waals surface area contributed by atoms with Gasteiger partial charge < -0.3 is 15.2 Å². The molecule has 0 aliphatic carbocycles. The third-order valence-corrected chi connectivity index (χ3v) is 3.50. The van der Waals surface area contributed by atoms with Gasteiger partial charge in [0.25, 0.3) is 0 Å². The van der Waals surface area contributed by atoms with Gasteiger partial charge in [0, 0.05) is 20.7 Å². The summed E-state index contributed by atoms with van der Waals surface area (Å²) in [5.74, 6) is -1.67. The van der Waals surface area contributed by atoms with Gasteiger partial charge in [0.2, 0.25) is 5.91 Å². The highest BCUT2D eigenvalue weighted by atomic mass is 79.9. The number of halogens is 2. The molecule has 0 radical (unpaired) electrons. The monoisotopic (exact) mass is 366 g/mol. The summed E-state index contributed by atoms with van der Waals surface area (Å²) >= 11 is 8.95. The van der Waals surface area contributed by atoms with E-state index in [1.807, 2.05) is 0 Å². The minimum Gasteiger partial charge on any atom is -0.545 e. The highest BCUT2D eigenvalue weighted by Gasteiger charge is 2.09. The zero-order valence-electron chi connectivity index (χ0n) is 10.7. The van der Waals surface area contributed by atoms with Gasteiger partial charge in [0.05, 0.1) is 12.4 Å². The molecule has 4 nitrogen and oxygen atoms in total. The minimum atomic E-state index is -1.35. The summed E-state index contributed by atoms with van der Waals surface area (Å²) in [4.78, 5) is 23.0. The molecule has 0 aliphatic rings. The Kier molecular flexibility index (Phi) is 4.98. The number of carboxylic acids is 1. The standard InChI is InChI=1S/C15H11BrClNO3/c16-10-3-6-13(12(8-10)15(20)21)18-14(19)7-9-1-4-11(17)5-2-9/h1-6,8H,7H2,(H,18,19)(H,20,21)/p-1. The number of hydrogen-bond acceptors (Lipinski definition) is 3. The summed E-state index contributed by atoms with van der Waals surface area (Å²) in [6, 6.07) is 11.4. The van der Waals surface area contributed by atoms with Crippen molar-refractivity contribution in [2.24, 2.45) is 0 Å². The van der Waals surface area contributed by atoms with Crippen molar-refractivity contribution in [3.05, 3.63) is 63.1 Å². The molecule has 0 saturated carbocycles. The maximum atomic E-state index is 12.0. The van der Waals surface area contributed by atoms with Gasteiger partial charge in [-0.3, -0.25) is 4.79 Å². The first kappa shape index (κ1) is 15.5. The molecule has 6 heteroatoms. The molecule has 0 bridgehead atoms. The molecule has 0 unspecified atom stereocenters. The molecule has 108 valence electrons. The number of aromatic carboxylic acids is 1. The maximum absolute atomic E-state index is 12.0. The Hall–Kier alpha value is -1.85. The number of benzene rings is 2. The van der Waals surface area contributed by atoms with E-state index < -0.39 is 5.97 Å². The maximum Gasteiger partial charge on any atom is 0.228 e. The van der Waals surface area contributed by atoms with Crippen LogP contribution in [-0.2, 0) is 11.2 Å². The van der Waals surface area contributed by atoms with Gasteiger partial charge in [-0.15, -0.1) is 0 Å². The molecule has 0 atom stereocenters. The summed E-state index contributed by atoms with van der Waals surface area (Å²) in [5, 5.41) is 14.2. The lowest BCUT2D eigenvalue weighted by Crippen LogP contribution is -2.25. The number of nitrogens with one attached hydrogen (secondary N) is 1.